The van der Waals surface area contributed by atoms with Crippen molar-refractivity contribution in [2.24, 2.45) is 5.10 Å². The van der Waals surface area contributed by atoms with Gasteiger partial charge in [-0.1, -0.05) is 30.3 Å². The first kappa shape index (κ1) is 22.0. The number of nitrogens with zero attached hydrogens (tertiary/aromatic N) is 1. The number of benzene rings is 4. The molecule has 1 amide bonds. The summed E-state index contributed by atoms with van der Waals surface area (Å²) in [6.07, 6.45) is 1.45. The zero-order chi connectivity index (χ0) is 23.3. The Morgan fingerprint density at radius 3 is 2.21 bits per heavy atom. The first-order valence-electron chi connectivity index (χ1n) is 9.95. The molecule has 0 unspecified atom stereocenters. The Kier molecular flexibility index (Phi) is 6.37. The average molecular weight is 461 g/mol. The van der Waals surface area contributed by atoms with E-state index in [1.54, 1.807) is 55.6 Å². The lowest BCUT2D eigenvalue weighted by Crippen LogP contribution is -2.17. The van der Waals surface area contributed by atoms with Gasteiger partial charge in [-0.3, -0.25) is 4.79 Å². The maximum absolute atomic E-state index is 12.6. The smallest absolute Gasteiger partial charge is 0.339 e. The predicted molar refractivity (Wildman–Crippen MR) is 126 cm³/mol. The Morgan fingerprint density at radius 1 is 0.848 bits per heavy atom. The molecule has 8 heteroatoms. The average Bonchev–Trinajstić information content (AvgIpc) is 2.84. The van der Waals surface area contributed by atoms with Crippen molar-refractivity contribution < 1.29 is 22.1 Å². The predicted octanol–water partition coefficient (Wildman–Crippen LogP) is 4.38. The number of ether oxygens (including phenoxy) is 1. The van der Waals surface area contributed by atoms with Gasteiger partial charge in [0.25, 0.3) is 5.91 Å². The molecule has 0 aliphatic rings. The second-order valence-corrected chi connectivity index (χ2v) is 8.59. The van der Waals surface area contributed by atoms with Crippen LogP contribution in [0.5, 0.6) is 11.5 Å². The molecular formula is C25H20N2O5S. The zero-order valence-electron chi connectivity index (χ0n) is 17.6. The number of hydrogen-bond donors (Lipinski definition) is 1. The van der Waals surface area contributed by atoms with Crippen LogP contribution in [0.4, 0.5) is 0 Å². The highest BCUT2D eigenvalue weighted by molar-refractivity contribution is 7.87. The van der Waals surface area contributed by atoms with Crippen molar-refractivity contribution in [3.05, 3.63) is 102 Å². The van der Waals surface area contributed by atoms with Crippen LogP contribution in [0.1, 0.15) is 15.9 Å². The standard InChI is InChI=1S/C25H20N2O5S/c1-31-22-13-8-20(9-14-22)25(28)27-26-17-18-6-11-23(12-7-18)32-33(29,30)24-15-10-19-4-2-3-5-21(19)16-24/h2-17H,1H3,(H,27,28). The number of methoxy groups -OCH3 is 1. The van der Waals surface area contributed by atoms with Crippen molar-refractivity contribution in [2.75, 3.05) is 7.11 Å². The number of hydrazone groups is 1. The van der Waals surface area contributed by atoms with Crippen LogP contribution in [0, 0.1) is 0 Å². The molecule has 0 bridgehead atoms. The highest BCUT2D eigenvalue weighted by Crippen LogP contribution is 2.23. The molecule has 0 aromatic heterocycles. The molecule has 4 aromatic rings. The monoisotopic (exact) mass is 460 g/mol. The summed E-state index contributed by atoms with van der Waals surface area (Å²) >= 11 is 0. The highest BCUT2D eigenvalue weighted by atomic mass is 32.2. The molecule has 0 heterocycles. The van der Waals surface area contributed by atoms with Crippen molar-refractivity contribution >= 4 is 33.0 Å². The maximum atomic E-state index is 12.6. The number of hydrogen-bond acceptors (Lipinski definition) is 6. The molecule has 0 atom stereocenters. The Balaban J connectivity index is 1.39. The molecule has 7 nitrogen and oxygen atoms in total. The summed E-state index contributed by atoms with van der Waals surface area (Å²) in [6.45, 7) is 0. The Labute approximate surface area is 191 Å². The largest absolute Gasteiger partial charge is 0.497 e. The highest BCUT2D eigenvalue weighted by Gasteiger charge is 2.17. The maximum Gasteiger partial charge on any atom is 0.339 e. The van der Waals surface area contributed by atoms with E-state index in [-0.39, 0.29) is 16.6 Å². The molecule has 1 N–H and O–H groups in total. The molecule has 0 fully saturated rings. The van der Waals surface area contributed by atoms with Gasteiger partial charge in [0.1, 0.15) is 16.4 Å². The van der Waals surface area contributed by atoms with Gasteiger partial charge in [-0.2, -0.15) is 13.5 Å². The van der Waals surface area contributed by atoms with Gasteiger partial charge >= 0.3 is 10.1 Å². The number of fused-ring (bicyclic) bond motifs is 1. The normalized spacial score (nSPS) is 11.4. The van der Waals surface area contributed by atoms with E-state index in [9.17, 15) is 13.2 Å². The molecule has 0 aliphatic carbocycles. The first-order valence-corrected chi connectivity index (χ1v) is 11.4. The summed E-state index contributed by atoms with van der Waals surface area (Å²) in [5.41, 5.74) is 3.53. The van der Waals surface area contributed by atoms with E-state index in [1.165, 1.54) is 24.4 Å². The molecule has 33 heavy (non-hydrogen) atoms. The molecule has 4 aromatic carbocycles. The summed E-state index contributed by atoms with van der Waals surface area (Å²) in [7, 11) is -2.43. The summed E-state index contributed by atoms with van der Waals surface area (Å²) < 4.78 is 35.6. The second-order valence-electron chi connectivity index (χ2n) is 7.04. The Bertz CT molecular complexity index is 1410. The quantitative estimate of drug-likeness (QED) is 0.251. The fourth-order valence-electron chi connectivity index (χ4n) is 3.08. The van der Waals surface area contributed by atoms with Crippen LogP contribution in [-0.4, -0.2) is 27.6 Å². The Hall–Kier alpha value is -4.17. The first-order chi connectivity index (χ1) is 15.9. The van der Waals surface area contributed by atoms with Crippen LogP contribution in [-0.2, 0) is 10.1 Å². The van der Waals surface area contributed by atoms with Crippen molar-refractivity contribution in [2.45, 2.75) is 4.90 Å². The van der Waals surface area contributed by atoms with E-state index in [4.69, 9.17) is 8.92 Å². The molecule has 0 radical (unpaired) electrons. The number of amides is 1. The van der Waals surface area contributed by atoms with E-state index >= 15 is 0 Å². The van der Waals surface area contributed by atoms with Crippen LogP contribution in [0.25, 0.3) is 10.8 Å². The minimum Gasteiger partial charge on any atom is -0.497 e. The topological polar surface area (TPSA) is 94.1 Å². The van der Waals surface area contributed by atoms with E-state index in [1.807, 2.05) is 24.3 Å². The number of rotatable bonds is 7. The third-order valence-corrected chi connectivity index (χ3v) is 6.07. The zero-order valence-corrected chi connectivity index (χ0v) is 18.5. The molecule has 0 aliphatic heterocycles. The molecule has 0 spiro atoms. The number of nitrogens with one attached hydrogen (secondary N) is 1. The summed E-state index contributed by atoms with van der Waals surface area (Å²) in [5.74, 6) is 0.456. The lowest BCUT2D eigenvalue weighted by Gasteiger charge is -2.08. The van der Waals surface area contributed by atoms with E-state index in [0.29, 0.717) is 16.9 Å². The van der Waals surface area contributed by atoms with Gasteiger partial charge in [-0.15, -0.1) is 0 Å². The van der Waals surface area contributed by atoms with E-state index in [0.717, 1.165) is 10.8 Å². The molecular weight excluding hydrogens is 440 g/mol. The lowest BCUT2D eigenvalue weighted by molar-refractivity contribution is 0.0955. The van der Waals surface area contributed by atoms with Gasteiger partial charge in [0.05, 0.1) is 13.3 Å². The summed E-state index contributed by atoms with van der Waals surface area (Å²) in [4.78, 5) is 12.2. The van der Waals surface area contributed by atoms with Gasteiger partial charge in [-0.25, -0.2) is 5.43 Å². The van der Waals surface area contributed by atoms with Gasteiger partial charge in [-0.05, 0) is 77.0 Å². The van der Waals surface area contributed by atoms with Crippen molar-refractivity contribution in [3.8, 4) is 11.5 Å². The van der Waals surface area contributed by atoms with Crippen LogP contribution < -0.4 is 14.3 Å². The SMILES string of the molecule is COc1ccc(C(=O)NN=Cc2ccc(OS(=O)(=O)c3ccc4ccccc4c3)cc2)cc1. The van der Waals surface area contributed by atoms with Crippen LogP contribution >= 0.6 is 0 Å². The third-order valence-electron chi connectivity index (χ3n) is 4.83. The van der Waals surface area contributed by atoms with Gasteiger partial charge < -0.3 is 8.92 Å². The number of carbonyl (C=O) groups excluding carboxylic acids is 1. The van der Waals surface area contributed by atoms with Crippen LogP contribution in [0.3, 0.4) is 0 Å². The van der Waals surface area contributed by atoms with Gasteiger partial charge in [0.15, 0.2) is 0 Å². The fourth-order valence-corrected chi connectivity index (χ4v) is 4.05. The van der Waals surface area contributed by atoms with Crippen LogP contribution in [0.15, 0.2) is 101 Å². The van der Waals surface area contributed by atoms with Crippen molar-refractivity contribution in [1.29, 1.82) is 0 Å². The third kappa shape index (κ3) is 5.36. The van der Waals surface area contributed by atoms with E-state index < -0.39 is 10.1 Å². The van der Waals surface area contributed by atoms with Crippen molar-refractivity contribution in [1.82, 2.24) is 5.43 Å². The molecule has 0 saturated carbocycles. The minimum atomic E-state index is -3.98. The Morgan fingerprint density at radius 2 is 1.52 bits per heavy atom. The molecule has 166 valence electrons. The molecule has 4 rings (SSSR count). The summed E-state index contributed by atoms with van der Waals surface area (Å²) in [6, 6.07) is 25.3. The van der Waals surface area contributed by atoms with E-state index in [2.05, 4.69) is 10.5 Å². The van der Waals surface area contributed by atoms with Gasteiger partial charge in [0.2, 0.25) is 0 Å². The van der Waals surface area contributed by atoms with Crippen molar-refractivity contribution in [3.63, 3.8) is 0 Å². The lowest BCUT2D eigenvalue weighted by atomic mass is 10.1. The molecule has 0 saturated heterocycles. The fraction of sp³-hybridized carbons (Fsp3) is 0.0400. The van der Waals surface area contributed by atoms with Crippen LogP contribution in [0.2, 0.25) is 0 Å². The van der Waals surface area contributed by atoms with Gasteiger partial charge in [0, 0.05) is 5.56 Å². The minimum absolute atomic E-state index is 0.0769. The second kappa shape index (κ2) is 9.54. The number of carbonyl (C=O) groups is 1. The summed E-state index contributed by atoms with van der Waals surface area (Å²) in [5, 5.41) is 5.68.